The van der Waals surface area contributed by atoms with Gasteiger partial charge in [-0.3, -0.25) is 60.7 Å². The number of aromatic nitrogens is 8. The number of nitro benzene ring substituents is 6. The van der Waals surface area contributed by atoms with Gasteiger partial charge in [-0.15, -0.1) is 20.4 Å². The molecule has 0 aliphatic rings. The second kappa shape index (κ2) is 17.1. The minimum atomic E-state index is -1.46. The number of tetrazole rings is 2. The van der Waals surface area contributed by atoms with E-state index in [0.29, 0.717) is 35.9 Å². The number of nitrogen functional groups attached to an aromatic ring is 2. The van der Waals surface area contributed by atoms with E-state index in [1.165, 1.54) is 0 Å². The van der Waals surface area contributed by atoms with Crippen molar-refractivity contribution >= 4 is 34.1 Å². The first-order valence-electron chi connectivity index (χ1n) is 10.9. The zero-order valence-corrected chi connectivity index (χ0v) is 23.7. The Balaban J connectivity index is 0.000000636. The molecule has 0 unspecified atom stereocenters. The summed E-state index contributed by atoms with van der Waals surface area (Å²) in [6.07, 6.45) is 0. The molecule has 2 aromatic carbocycles. The van der Waals surface area contributed by atoms with Crippen LogP contribution in [0, 0.1) is 74.5 Å². The quantitative estimate of drug-likeness (QED) is 0.0976. The molecule has 253 valence electrons. The summed E-state index contributed by atoms with van der Waals surface area (Å²) >= 11 is 0. The number of nitrogens with zero attached hydrogens (tertiary/aromatic N) is 14. The van der Waals surface area contributed by atoms with Crippen LogP contribution in [0.25, 0.3) is 0 Å². The van der Waals surface area contributed by atoms with Gasteiger partial charge in [-0.2, -0.15) is 0 Å². The first-order valence-corrected chi connectivity index (χ1v) is 10.9. The molecule has 1 radical (unpaired) electrons. The summed E-state index contributed by atoms with van der Waals surface area (Å²) in [5, 5.41) is 105. The monoisotopic (exact) mass is 717 g/mol. The van der Waals surface area contributed by atoms with Crippen LogP contribution in [0.5, 0.6) is 11.5 Å². The summed E-state index contributed by atoms with van der Waals surface area (Å²) in [7, 11) is 0. The number of nitro groups is 6. The fourth-order valence-corrected chi connectivity index (χ4v) is 2.52. The van der Waals surface area contributed by atoms with Crippen molar-refractivity contribution in [2.45, 2.75) is 13.8 Å². The van der Waals surface area contributed by atoms with E-state index in [9.17, 15) is 70.9 Å². The molecule has 0 saturated heterocycles. The first-order chi connectivity index (χ1) is 21.3. The van der Waals surface area contributed by atoms with E-state index in [1.807, 2.05) is 0 Å². The number of benzene rings is 2. The topological polar surface area (TPSA) is 444 Å². The van der Waals surface area contributed by atoms with Gasteiger partial charge < -0.3 is 21.9 Å². The molecule has 0 saturated carbocycles. The van der Waals surface area contributed by atoms with Gasteiger partial charge in [-0.25, -0.2) is 0 Å². The third kappa shape index (κ3) is 11.7. The Morgan fingerprint density at radius 3 is 0.872 bits per heavy atom. The number of nitrogens with two attached hydrogens (primary N) is 2. The van der Waals surface area contributed by atoms with E-state index < -0.39 is 75.2 Å². The minimum Gasteiger partial charge on any atom is -0.863 e. The molecule has 0 atom stereocenters. The summed E-state index contributed by atoms with van der Waals surface area (Å²) in [5.74, 6) is 8.28. The van der Waals surface area contributed by atoms with Crippen LogP contribution in [0.1, 0.15) is 11.6 Å². The average molecular weight is 718 g/mol. The number of hydrogen-bond acceptors (Lipinski definition) is 22. The molecule has 0 aliphatic heterocycles. The van der Waals surface area contributed by atoms with Crippen LogP contribution in [0.15, 0.2) is 24.3 Å². The Hall–Kier alpha value is -7.30. The van der Waals surface area contributed by atoms with Gasteiger partial charge in [0.15, 0.2) is 11.6 Å². The summed E-state index contributed by atoms with van der Waals surface area (Å²) in [5.41, 5.74) is -6.53. The largest absolute Gasteiger partial charge is 2.00 e. The Kier molecular flexibility index (Phi) is 14.5. The van der Waals surface area contributed by atoms with Crippen LogP contribution < -0.4 is 21.9 Å². The molecule has 31 heteroatoms. The van der Waals surface area contributed by atoms with Gasteiger partial charge in [0.1, 0.15) is 0 Å². The Labute approximate surface area is 265 Å². The minimum absolute atomic E-state index is 0. The maximum absolute atomic E-state index is 11.1. The molecule has 2 heterocycles. The van der Waals surface area contributed by atoms with Crippen molar-refractivity contribution in [3.63, 3.8) is 0 Å². The van der Waals surface area contributed by atoms with Crippen LogP contribution >= 0.6 is 0 Å². The smallest absolute Gasteiger partial charge is 0.863 e. The summed E-state index contributed by atoms with van der Waals surface area (Å²) in [4.78, 5) is 56.9. The van der Waals surface area contributed by atoms with Gasteiger partial charge in [0.2, 0.25) is 0 Å². The van der Waals surface area contributed by atoms with E-state index >= 15 is 0 Å². The van der Waals surface area contributed by atoms with Crippen LogP contribution in [0.2, 0.25) is 0 Å². The average Bonchev–Trinajstić information content (AvgIpc) is 3.53. The third-order valence-corrected chi connectivity index (χ3v) is 4.33. The van der Waals surface area contributed by atoms with Gasteiger partial charge in [-0.05, 0) is 24.3 Å². The second-order valence-corrected chi connectivity index (χ2v) is 7.48. The van der Waals surface area contributed by atoms with Crippen LogP contribution in [0.3, 0.4) is 0 Å². The number of rotatable bonds is 6. The Bertz CT molecular complexity index is 1580. The van der Waals surface area contributed by atoms with E-state index in [2.05, 4.69) is 30.8 Å². The van der Waals surface area contributed by atoms with Gasteiger partial charge in [0.05, 0.1) is 65.3 Å². The maximum Gasteiger partial charge on any atom is 2.00 e. The van der Waals surface area contributed by atoms with Gasteiger partial charge in [-0.1, -0.05) is 9.81 Å². The molecule has 2 aromatic heterocycles. The van der Waals surface area contributed by atoms with Crippen LogP contribution in [0.4, 0.5) is 34.1 Å². The first kappa shape index (κ1) is 39.7. The zero-order chi connectivity index (χ0) is 35.5. The predicted octanol–water partition coefficient (Wildman–Crippen LogP) is -1.64. The Morgan fingerprint density at radius 2 is 0.766 bits per heavy atom. The summed E-state index contributed by atoms with van der Waals surface area (Å²) in [6.45, 7) is 3.44. The summed E-state index contributed by atoms with van der Waals surface area (Å²) in [6, 6.07) is 1.54. The SMILES string of the molecule is Cc1nnn(N)n1.Cc1nnn(N)n1.O=[N+]([O-])c1cc([N+](=O)[O-])c([O-])c([N+](=O)[O-])c1.O=[N+]([O-])c1cc([N+](=O)[O-])c([O-])c([N+](=O)[O-])c1.[Cu+2]. The van der Waals surface area contributed by atoms with Crippen LogP contribution in [-0.2, 0) is 17.1 Å². The van der Waals surface area contributed by atoms with E-state index in [0.717, 1.165) is 9.81 Å². The van der Waals surface area contributed by atoms with E-state index in [1.54, 1.807) is 13.8 Å². The molecule has 47 heavy (non-hydrogen) atoms. The number of non-ortho nitro benzene ring substituents is 2. The Morgan fingerprint density at radius 1 is 0.532 bits per heavy atom. The normalized spacial score (nSPS) is 9.40. The number of hydrogen-bond donors (Lipinski definition) is 2. The van der Waals surface area contributed by atoms with Crippen molar-refractivity contribution in [1.82, 2.24) is 40.6 Å². The molecule has 0 aliphatic carbocycles. The molecular weight excluding hydrogens is 704 g/mol. The van der Waals surface area contributed by atoms with Crippen molar-refractivity contribution in [1.29, 1.82) is 0 Å². The fourth-order valence-electron chi connectivity index (χ4n) is 2.52. The van der Waals surface area contributed by atoms with Crippen molar-refractivity contribution in [3.05, 3.63) is 96.6 Å². The molecule has 4 N–H and O–H groups in total. The van der Waals surface area contributed by atoms with Crippen molar-refractivity contribution in [2.75, 3.05) is 11.7 Å². The molecule has 4 aromatic rings. The zero-order valence-electron chi connectivity index (χ0n) is 22.7. The molecule has 0 fully saturated rings. The van der Waals surface area contributed by atoms with E-state index in [-0.39, 0.29) is 17.1 Å². The molecule has 4 rings (SSSR count). The van der Waals surface area contributed by atoms with Gasteiger partial charge >= 0.3 is 17.1 Å². The maximum atomic E-state index is 11.1. The van der Waals surface area contributed by atoms with Gasteiger partial charge in [0.25, 0.3) is 34.1 Å². The third-order valence-electron chi connectivity index (χ3n) is 4.33. The van der Waals surface area contributed by atoms with Crippen LogP contribution in [-0.4, -0.2) is 70.2 Å². The van der Waals surface area contributed by atoms with Crippen molar-refractivity contribution in [2.24, 2.45) is 0 Å². The molecule has 0 spiro atoms. The van der Waals surface area contributed by atoms with Crippen molar-refractivity contribution < 1.29 is 56.8 Å². The summed E-state index contributed by atoms with van der Waals surface area (Å²) < 4.78 is 0. The predicted molar refractivity (Wildman–Crippen MR) is 137 cm³/mol. The molecule has 0 bridgehead atoms. The second-order valence-electron chi connectivity index (χ2n) is 7.48. The fraction of sp³-hybridized carbons (Fsp3) is 0.125. The number of aryl methyl sites for hydroxylation is 2. The molecule has 0 amide bonds. The van der Waals surface area contributed by atoms with Crippen molar-refractivity contribution in [3.8, 4) is 11.5 Å². The van der Waals surface area contributed by atoms with E-state index in [4.69, 9.17) is 11.7 Å². The molecule has 30 nitrogen and oxygen atoms in total. The van der Waals surface area contributed by atoms with Gasteiger partial charge in [0, 0.05) is 0 Å². The molecular formula is C16H14CuN16O14. The standard InChI is InChI=1S/2C6H3N3O7.2C2H5N5.Cu/c2*10-6-4(8(13)14)1-3(7(11)12)2-5(6)9(15)16;2*1-2-4-6-7(3)5-2;/h2*1-2,10H;2*3H2,1H3;/q;;;;+2/p-2.